The first-order valence-corrected chi connectivity index (χ1v) is 23.9. The minimum atomic E-state index is -0.963. The van der Waals surface area contributed by atoms with E-state index in [1.165, 1.54) is 161 Å². The van der Waals surface area contributed by atoms with Gasteiger partial charge >= 0.3 is 0 Å². The van der Waals surface area contributed by atoms with Crippen LogP contribution in [0, 0.1) is 0 Å². The van der Waals surface area contributed by atoms with E-state index in [1.807, 2.05) is 6.08 Å². The molecule has 0 aliphatic heterocycles. The molecule has 0 aliphatic carbocycles. The van der Waals surface area contributed by atoms with Gasteiger partial charge in [0, 0.05) is 0 Å². The molecule has 0 bridgehead atoms. The molecule has 1 amide bonds. The highest BCUT2D eigenvalue weighted by atomic mass is 16.3. The van der Waals surface area contributed by atoms with E-state index < -0.39 is 18.2 Å². The Balaban J connectivity index is 3.72. The number of carbonyl (C=O) groups is 1. The largest absolute Gasteiger partial charge is 0.394 e. The van der Waals surface area contributed by atoms with E-state index in [0.717, 1.165) is 51.4 Å². The molecule has 0 spiro atoms. The Bertz CT molecular complexity index is 896. The average molecular weight is 772 g/mol. The fourth-order valence-corrected chi connectivity index (χ4v) is 7.13. The molecule has 0 aromatic heterocycles. The predicted octanol–water partition coefficient (Wildman–Crippen LogP) is 14.1. The molecule has 322 valence electrons. The smallest absolute Gasteiger partial charge is 0.222 e. The summed E-state index contributed by atoms with van der Waals surface area (Å²) in [6.45, 7) is 4.20. The van der Waals surface area contributed by atoms with Crippen molar-refractivity contribution < 1.29 is 20.1 Å². The molecule has 3 unspecified atom stereocenters. The lowest BCUT2D eigenvalue weighted by Crippen LogP contribution is -2.45. The number of unbranched alkanes of at least 4 members (excludes halogenated alkanes) is 28. The molecule has 0 saturated carbocycles. The van der Waals surface area contributed by atoms with Gasteiger partial charge in [-0.2, -0.15) is 0 Å². The van der Waals surface area contributed by atoms with Crippen LogP contribution in [0.15, 0.2) is 48.6 Å². The molecule has 3 atom stereocenters. The van der Waals surface area contributed by atoms with Crippen molar-refractivity contribution in [1.82, 2.24) is 5.32 Å². The molecule has 5 nitrogen and oxygen atoms in total. The maximum Gasteiger partial charge on any atom is 0.222 e. The Kier molecular flexibility index (Phi) is 43.6. The van der Waals surface area contributed by atoms with Gasteiger partial charge in [-0.1, -0.05) is 210 Å². The standard InChI is InChI=1S/C50H93NO4/c1-3-5-7-9-11-13-15-17-19-21-23-25-27-29-31-33-35-37-39-41-43-47(53)45-50(55)51-48(46-52)49(54)44-42-40-38-36-34-32-30-28-26-24-22-20-18-16-14-12-10-8-6-4-2/h26-29,34,36,42,44,47-49,52-54H,3-25,30-33,35,37-41,43,45-46H2,1-2H3,(H,51,55)/b28-26+,29-27-,36-34+,44-42+. The number of carbonyl (C=O) groups excluding carboxylic acids is 1. The Hall–Kier alpha value is -1.69. The monoisotopic (exact) mass is 772 g/mol. The Morgan fingerprint density at radius 3 is 1.16 bits per heavy atom. The van der Waals surface area contributed by atoms with Crippen LogP contribution in [0.4, 0.5) is 0 Å². The van der Waals surface area contributed by atoms with Crippen LogP contribution in [-0.4, -0.2) is 46.1 Å². The minimum Gasteiger partial charge on any atom is -0.394 e. The summed E-state index contributed by atoms with van der Waals surface area (Å²) in [6, 6.07) is -0.771. The molecular weight excluding hydrogens is 679 g/mol. The number of hydrogen-bond donors (Lipinski definition) is 4. The van der Waals surface area contributed by atoms with Crippen LogP contribution in [0.1, 0.15) is 239 Å². The van der Waals surface area contributed by atoms with Crippen LogP contribution in [0.3, 0.4) is 0 Å². The second kappa shape index (κ2) is 45.0. The van der Waals surface area contributed by atoms with Gasteiger partial charge < -0.3 is 20.6 Å². The predicted molar refractivity (Wildman–Crippen MR) is 241 cm³/mol. The summed E-state index contributed by atoms with van der Waals surface area (Å²) in [7, 11) is 0. The van der Waals surface area contributed by atoms with Crippen LogP contribution in [0.2, 0.25) is 0 Å². The summed E-state index contributed by atoms with van der Waals surface area (Å²) < 4.78 is 0. The van der Waals surface area contributed by atoms with E-state index in [1.54, 1.807) is 6.08 Å². The zero-order valence-corrected chi connectivity index (χ0v) is 36.6. The van der Waals surface area contributed by atoms with Gasteiger partial charge in [0.15, 0.2) is 0 Å². The molecule has 4 N–H and O–H groups in total. The van der Waals surface area contributed by atoms with E-state index in [2.05, 4.69) is 55.6 Å². The van der Waals surface area contributed by atoms with Crippen LogP contribution in [0.5, 0.6) is 0 Å². The normalized spacial score (nSPS) is 13.9. The summed E-state index contributed by atoms with van der Waals surface area (Å²) >= 11 is 0. The highest BCUT2D eigenvalue weighted by molar-refractivity contribution is 5.76. The molecule has 0 radical (unpaired) electrons. The third-order valence-electron chi connectivity index (χ3n) is 10.8. The van der Waals surface area contributed by atoms with Gasteiger partial charge in [-0.25, -0.2) is 0 Å². The van der Waals surface area contributed by atoms with Gasteiger partial charge in [-0.3, -0.25) is 4.79 Å². The maximum absolute atomic E-state index is 12.5. The zero-order chi connectivity index (χ0) is 40.1. The van der Waals surface area contributed by atoms with Crippen molar-refractivity contribution in [2.75, 3.05) is 6.61 Å². The van der Waals surface area contributed by atoms with Crippen molar-refractivity contribution in [2.24, 2.45) is 0 Å². The highest BCUT2D eigenvalue weighted by Gasteiger charge is 2.20. The number of amides is 1. The van der Waals surface area contributed by atoms with E-state index in [9.17, 15) is 20.1 Å². The third-order valence-corrected chi connectivity index (χ3v) is 10.8. The van der Waals surface area contributed by atoms with E-state index in [0.29, 0.717) is 6.42 Å². The number of allylic oxidation sites excluding steroid dienone is 7. The van der Waals surface area contributed by atoms with Crippen LogP contribution >= 0.6 is 0 Å². The van der Waals surface area contributed by atoms with Gasteiger partial charge in [0.05, 0.1) is 31.3 Å². The number of aliphatic hydroxyl groups is 3. The topological polar surface area (TPSA) is 89.8 Å². The Morgan fingerprint density at radius 2 is 0.782 bits per heavy atom. The fraction of sp³-hybridized carbons (Fsp3) is 0.820. The summed E-state index contributed by atoms with van der Waals surface area (Å²) in [5.41, 5.74) is 0. The summed E-state index contributed by atoms with van der Waals surface area (Å²) in [5.74, 6) is -0.334. The molecule has 0 heterocycles. The molecule has 55 heavy (non-hydrogen) atoms. The first-order valence-electron chi connectivity index (χ1n) is 23.9. The van der Waals surface area contributed by atoms with Crippen molar-refractivity contribution >= 4 is 5.91 Å². The highest BCUT2D eigenvalue weighted by Crippen LogP contribution is 2.15. The lowest BCUT2D eigenvalue weighted by Gasteiger charge is -2.20. The fourth-order valence-electron chi connectivity index (χ4n) is 7.13. The summed E-state index contributed by atoms with van der Waals surface area (Å²) in [5, 5.41) is 33.3. The van der Waals surface area contributed by atoms with Crippen LogP contribution in [-0.2, 0) is 4.79 Å². The van der Waals surface area contributed by atoms with Crippen molar-refractivity contribution in [1.29, 1.82) is 0 Å². The van der Waals surface area contributed by atoms with Gasteiger partial charge in [-0.05, 0) is 70.6 Å². The van der Waals surface area contributed by atoms with Crippen molar-refractivity contribution in [3.63, 3.8) is 0 Å². The van der Waals surface area contributed by atoms with E-state index >= 15 is 0 Å². The number of aliphatic hydroxyl groups excluding tert-OH is 3. The summed E-state index contributed by atoms with van der Waals surface area (Å²) in [4.78, 5) is 12.5. The third kappa shape index (κ3) is 41.8. The van der Waals surface area contributed by atoms with Crippen LogP contribution in [0.25, 0.3) is 0 Å². The van der Waals surface area contributed by atoms with Crippen LogP contribution < -0.4 is 5.32 Å². The number of hydrogen-bond acceptors (Lipinski definition) is 4. The minimum absolute atomic E-state index is 0.00382. The SMILES string of the molecule is CCCCCCCCCCCC/C=C/CC/C=C/CC/C=C/C(O)C(CO)NC(=O)CC(O)CCCCCCC/C=C\CCCCCCCCCCCCC. The van der Waals surface area contributed by atoms with Gasteiger partial charge in [0.1, 0.15) is 0 Å². The second-order valence-electron chi connectivity index (χ2n) is 16.3. The van der Waals surface area contributed by atoms with Gasteiger partial charge in [0.25, 0.3) is 0 Å². The molecule has 5 heteroatoms. The van der Waals surface area contributed by atoms with E-state index in [4.69, 9.17) is 0 Å². The average Bonchev–Trinajstić information content (AvgIpc) is 3.18. The maximum atomic E-state index is 12.5. The molecule has 0 aromatic rings. The quantitative estimate of drug-likeness (QED) is 0.0367. The lowest BCUT2D eigenvalue weighted by atomic mass is 10.0. The first kappa shape index (κ1) is 53.3. The molecule has 0 saturated heterocycles. The Morgan fingerprint density at radius 1 is 0.455 bits per heavy atom. The van der Waals surface area contributed by atoms with Crippen molar-refractivity contribution in [3.8, 4) is 0 Å². The molecular formula is C50H93NO4. The Labute approximate surface area is 342 Å². The molecule has 0 fully saturated rings. The number of nitrogens with one attached hydrogen (secondary N) is 1. The number of rotatable bonds is 43. The van der Waals surface area contributed by atoms with E-state index in [-0.39, 0.29) is 18.9 Å². The van der Waals surface area contributed by atoms with Gasteiger partial charge in [-0.15, -0.1) is 0 Å². The lowest BCUT2D eigenvalue weighted by molar-refractivity contribution is -0.124. The molecule has 0 aliphatic rings. The zero-order valence-electron chi connectivity index (χ0n) is 36.6. The molecule has 0 rings (SSSR count). The second-order valence-corrected chi connectivity index (χ2v) is 16.3. The summed E-state index contributed by atoms with van der Waals surface area (Å²) in [6.07, 6.45) is 58.3. The van der Waals surface area contributed by atoms with Gasteiger partial charge in [0.2, 0.25) is 5.91 Å². The van der Waals surface area contributed by atoms with Crippen molar-refractivity contribution in [3.05, 3.63) is 48.6 Å². The van der Waals surface area contributed by atoms with Crippen molar-refractivity contribution in [2.45, 2.75) is 257 Å². The first-order chi connectivity index (χ1) is 27.0. The molecule has 0 aromatic carbocycles.